The zero-order chi connectivity index (χ0) is 11.5. The van der Waals surface area contributed by atoms with Gasteiger partial charge in [0, 0.05) is 18.6 Å². The van der Waals surface area contributed by atoms with E-state index in [2.05, 4.69) is 10.3 Å². The summed E-state index contributed by atoms with van der Waals surface area (Å²) >= 11 is 0. The highest BCUT2D eigenvalue weighted by atomic mass is 16.4. The number of hydrogen-bond acceptors (Lipinski definition) is 5. The standard InChI is InChI=1S/C9H14N2O4/c1-9(2,5-12)4-10-8-11-6(3-15-8)7(13)14/h3,12H,4-5H2,1-2H3,(H,10,11)(H,13,14). The molecule has 6 heteroatoms. The van der Waals surface area contributed by atoms with Crippen molar-refractivity contribution < 1.29 is 19.4 Å². The van der Waals surface area contributed by atoms with E-state index in [0.717, 1.165) is 6.26 Å². The molecule has 1 heterocycles. The molecule has 0 spiro atoms. The van der Waals surface area contributed by atoms with E-state index in [-0.39, 0.29) is 23.7 Å². The first kappa shape index (κ1) is 11.5. The molecule has 0 aromatic carbocycles. The molecule has 0 unspecified atom stereocenters. The number of nitrogens with zero attached hydrogens (tertiary/aromatic N) is 1. The number of oxazole rings is 1. The molecule has 0 atom stereocenters. The molecular weight excluding hydrogens is 200 g/mol. The average Bonchev–Trinajstić information content (AvgIpc) is 2.63. The van der Waals surface area contributed by atoms with Crippen molar-refractivity contribution >= 4 is 12.0 Å². The van der Waals surface area contributed by atoms with Gasteiger partial charge in [-0.3, -0.25) is 0 Å². The van der Waals surface area contributed by atoms with Crippen LogP contribution in [-0.2, 0) is 0 Å². The van der Waals surface area contributed by atoms with Crippen LogP contribution in [0.5, 0.6) is 0 Å². The topological polar surface area (TPSA) is 95.6 Å². The van der Waals surface area contributed by atoms with Gasteiger partial charge in [-0.25, -0.2) is 4.79 Å². The van der Waals surface area contributed by atoms with Crippen molar-refractivity contribution in [3.05, 3.63) is 12.0 Å². The molecule has 0 amide bonds. The second-order valence-corrected chi connectivity index (χ2v) is 4.02. The maximum Gasteiger partial charge on any atom is 0.357 e. The number of carboxylic acids is 1. The van der Waals surface area contributed by atoms with E-state index in [0.29, 0.717) is 6.54 Å². The highest BCUT2D eigenvalue weighted by molar-refractivity contribution is 5.85. The fourth-order valence-corrected chi connectivity index (χ4v) is 0.824. The van der Waals surface area contributed by atoms with Crippen LogP contribution in [-0.4, -0.2) is 34.3 Å². The van der Waals surface area contributed by atoms with Crippen LogP contribution in [0, 0.1) is 5.41 Å². The van der Waals surface area contributed by atoms with E-state index in [1.54, 1.807) is 0 Å². The van der Waals surface area contributed by atoms with Gasteiger partial charge in [-0.1, -0.05) is 13.8 Å². The first-order chi connectivity index (χ1) is 6.94. The Kier molecular flexibility index (Phi) is 3.31. The second-order valence-electron chi connectivity index (χ2n) is 4.02. The van der Waals surface area contributed by atoms with Gasteiger partial charge in [0.05, 0.1) is 0 Å². The number of hydrogen-bond donors (Lipinski definition) is 3. The lowest BCUT2D eigenvalue weighted by atomic mass is 9.95. The number of aliphatic hydroxyl groups excluding tert-OH is 1. The Labute approximate surface area is 86.9 Å². The second kappa shape index (κ2) is 4.31. The number of aromatic carboxylic acids is 1. The van der Waals surface area contributed by atoms with E-state index in [4.69, 9.17) is 14.6 Å². The number of nitrogens with one attached hydrogen (secondary N) is 1. The minimum absolute atomic E-state index is 0.0203. The molecule has 0 saturated heterocycles. The van der Waals surface area contributed by atoms with Gasteiger partial charge in [0.15, 0.2) is 5.69 Å². The molecule has 1 aromatic heterocycles. The number of aromatic nitrogens is 1. The maximum atomic E-state index is 10.5. The Morgan fingerprint density at radius 1 is 1.67 bits per heavy atom. The van der Waals surface area contributed by atoms with Crippen LogP contribution < -0.4 is 5.32 Å². The third-order valence-electron chi connectivity index (χ3n) is 1.87. The summed E-state index contributed by atoms with van der Waals surface area (Å²) in [6.07, 6.45) is 1.07. The van der Waals surface area contributed by atoms with E-state index < -0.39 is 5.97 Å². The molecular formula is C9H14N2O4. The lowest BCUT2D eigenvalue weighted by Crippen LogP contribution is -2.26. The molecule has 0 saturated carbocycles. The van der Waals surface area contributed by atoms with Gasteiger partial charge >= 0.3 is 5.97 Å². The Bertz CT molecular complexity index is 346. The van der Waals surface area contributed by atoms with Crippen LogP contribution in [0.2, 0.25) is 0 Å². The zero-order valence-electron chi connectivity index (χ0n) is 8.65. The molecule has 0 fully saturated rings. The summed E-state index contributed by atoms with van der Waals surface area (Å²) in [5, 5.41) is 20.4. The van der Waals surface area contributed by atoms with E-state index >= 15 is 0 Å². The summed E-state index contributed by atoms with van der Waals surface area (Å²) in [6.45, 7) is 4.19. The maximum absolute atomic E-state index is 10.5. The molecule has 1 aromatic rings. The van der Waals surface area contributed by atoms with Crippen molar-refractivity contribution in [2.75, 3.05) is 18.5 Å². The lowest BCUT2D eigenvalue weighted by molar-refractivity contribution is 0.0690. The number of carboxylic acid groups (broad SMARTS) is 1. The van der Waals surface area contributed by atoms with Gasteiger partial charge < -0.3 is 19.9 Å². The van der Waals surface area contributed by atoms with Crippen LogP contribution in [0.25, 0.3) is 0 Å². The minimum atomic E-state index is -1.13. The number of rotatable bonds is 5. The molecule has 3 N–H and O–H groups in total. The van der Waals surface area contributed by atoms with Crippen LogP contribution in [0.1, 0.15) is 24.3 Å². The molecule has 0 aliphatic heterocycles. The third kappa shape index (κ3) is 3.25. The minimum Gasteiger partial charge on any atom is -0.476 e. The van der Waals surface area contributed by atoms with Crippen molar-refractivity contribution in [2.24, 2.45) is 5.41 Å². The molecule has 84 valence electrons. The van der Waals surface area contributed by atoms with Gasteiger partial charge in [0.1, 0.15) is 6.26 Å². The molecule has 6 nitrogen and oxygen atoms in total. The smallest absolute Gasteiger partial charge is 0.357 e. The van der Waals surface area contributed by atoms with Crippen LogP contribution in [0.4, 0.5) is 6.01 Å². The van der Waals surface area contributed by atoms with E-state index in [1.807, 2.05) is 13.8 Å². The van der Waals surface area contributed by atoms with Crippen LogP contribution >= 0.6 is 0 Å². The summed E-state index contributed by atoms with van der Waals surface area (Å²) in [4.78, 5) is 14.2. The van der Waals surface area contributed by atoms with Crippen molar-refractivity contribution in [1.29, 1.82) is 0 Å². The Hall–Kier alpha value is -1.56. The molecule has 15 heavy (non-hydrogen) atoms. The zero-order valence-corrected chi connectivity index (χ0v) is 8.65. The Morgan fingerprint density at radius 3 is 2.80 bits per heavy atom. The van der Waals surface area contributed by atoms with Crippen molar-refractivity contribution in [1.82, 2.24) is 4.98 Å². The van der Waals surface area contributed by atoms with Crippen LogP contribution in [0.3, 0.4) is 0 Å². The number of anilines is 1. The van der Waals surface area contributed by atoms with Gasteiger partial charge in [0.2, 0.25) is 0 Å². The summed E-state index contributed by atoms with van der Waals surface area (Å²) in [6, 6.07) is 0.147. The van der Waals surface area contributed by atoms with Crippen molar-refractivity contribution in [3.8, 4) is 0 Å². The average molecular weight is 214 g/mol. The highest BCUT2D eigenvalue weighted by Crippen LogP contribution is 2.15. The summed E-state index contributed by atoms with van der Waals surface area (Å²) in [7, 11) is 0. The Balaban J connectivity index is 2.55. The largest absolute Gasteiger partial charge is 0.476 e. The first-order valence-corrected chi connectivity index (χ1v) is 4.48. The quantitative estimate of drug-likeness (QED) is 0.671. The predicted octanol–water partition coefficient (Wildman–Crippen LogP) is 0.803. The SMILES string of the molecule is CC(C)(CO)CNc1nc(C(=O)O)co1. The summed E-state index contributed by atoms with van der Waals surface area (Å²) in [5.74, 6) is -1.13. The van der Waals surface area contributed by atoms with Crippen LogP contribution in [0.15, 0.2) is 10.7 Å². The predicted molar refractivity (Wildman–Crippen MR) is 52.8 cm³/mol. The van der Waals surface area contributed by atoms with Gasteiger partial charge in [0.25, 0.3) is 6.01 Å². The monoisotopic (exact) mass is 214 g/mol. The van der Waals surface area contributed by atoms with Gasteiger partial charge in [-0.15, -0.1) is 0 Å². The first-order valence-electron chi connectivity index (χ1n) is 4.48. The normalized spacial score (nSPS) is 11.4. The molecule has 0 radical (unpaired) electrons. The Morgan fingerprint density at radius 2 is 2.33 bits per heavy atom. The van der Waals surface area contributed by atoms with E-state index in [9.17, 15) is 4.79 Å². The van der Waals surface area contributed by atoms with Crippen molar-refractivity contribution in [2.45, 2.75) is 13.8 Å². The van der Waals surface area contributed by atoms with Gasteiger partial charge in [-0.05, 0) is 0 Å². The fourth-order valence-electron chi connectivity index (χ4n) is 0.824. The van der Waals surface area contributed by atoms with E-state index in [1.165, 1.54) is 0 Å². The summed E-state index contributed by atoms with van der Waals surface area (Å²) < 4.78 is 4.88. The highest BCUT2D eigenvalue weighted by Gasteiger charge is 2.17. The third-order valence-corrected chi connectivity index (χ3v) is 1.87. The molecule has 0 aliphatic rings. The van der Waals surface area contributed by atoms with Crippen molar-refractivity contribution in [3.63, 3.8) is 0 Å². The molecule has 0 bridgehead atoms. The number of carbonyl (C=O) groups is 1. The molecule has 1 rings (SSSR count). The molecule has 0 aliphatic carbocycles. The summed E-state index contributed by atoms with van der Waals surface area (Å²) in [5.41, 5.74) is -0.447. The number of aliphatic hydroxyl groups is 1. The fraction of sp³-hybridized carbons (Fsp3) is 0.556. The lowest BCUT2D eigenvalue weighted by Gasteiger charge is -2.20. The van der Waals surface area contributed by atoms with Gasteiger partial charge in [-0.2, -0.15) is 4.98 Å².